The number of aldehydes is 1. The predicted molar refractivity (Wildman–Crippen MR) is 76.9 cm³/mol. The van der Waals surface area contributed by atoms with E-state index >= 15 is 0 Å². The Kier molecular flexibility index (Phi) is 5.31. The van der Waals surface area contributed by atoms with Crippen LogP contribution < -0.4 is 4.74 Å². The van der Waals surface area contributed by atoms with Crippen LogP contribution in [-0.4, -0.2) is 36.3 Å². The average molecular weight is 293 g/mol. The molecule has 5 heteroatoms. The maximum absolute atomic E-state index is 13.8. The van der Waals surface area contributed by atoms with Gasteiger partial charge in [-0.25, -0.2) is 4.39 Å². The zero-order valence-electron chi connectivity index (χ0n) is 12.2. The van der Waals surface area contributed by atoms with Gasteiger partial charge in [-0.05, 0) is 31.9 Å². The van der Waals surface area contributed by atoms with E-state index in [1.807, 2.05) is 0 Å². The van der Waals surface area contributed by atoms with Crippen molar-refractivity contribution >= 4 is 12.2 Å². The average Bonchev–Trinajstić information content (AvgIpc) is 2.77. The number of carbonyl (C=O) groups excluding carboxylic acids is 2. The normalized spacial score (nSPS) is 17.0. The molecule has 0 bridgehead atoms. The highest BCUT2D eigenvalue weighted by Gasteiger charge is 2.24. The molecule has 1 fully saturated rings. The summed E-state index contributed by atoms with van der Waals surface area (Å²) in [5, 5.41) is 0. The van der Waals surface area contributed by atoms with Crippen molar-refractivity contribution in [3.63, 3.8) is 0 Å². The maximum Gasteiger partial charge on any atom is 0.263 e. The highest BCUT2D eigenvalue weighted by molar-refractivity contribution is 5.82. The molecule has 114 valence electrons. The SMILES string of the molecule is CC(Oc1c(F)cccc1C=O)C(=O)N1CCCCCC1. The molecule has 1 aromatic rings. The topological polar surface area (TPSA) is 46.6 Å². The highest BCUT2D eigenvalue weighted by Crippen LogP contribution is 2.23. The minimum absolute atomic E-state index is 0.116. The van der Waals surface area contributed by atoms with E-state index in [4.69, 9.17) is 4.74 Å². The number of carbonyl (C=O) groups is 2. The van der Waals surface area contributed by atoms with Crippen LogP contribution in [0.5, 0.6) is 5.75 Å². The van der Waals surface area contributed by atoms with Crippen molar-refractivity contribution in [2.24, 2.45) is 0 Å². The van der Waals surface area contributed by atoms with Crippen LogP contribution in [-0.2, 0) is 4.79 Å². The molecule has 2 rings (SSSR count). The van der Waals surface area contributed by atoms with E-state index in [2.05, 4.69) is 0 Å². The predicted octanol–water partition coefficient (Wildman–Crippen LogP) is 2.81. The summed E-state index contributed by atoms with van der Waals surface area (Å²) in [6, 6.07) is 4.12. The van der Waals surface area contributed by atoms with E-state index in [1.54, 1.807) is 11.8 Å². The molecule has 0 N–H and O–H groups in total. The fourth-order valence-corrected chi connectivity index (χ4v) is 2.52. The lowest BCUT2D eigenvalue weighted by molar-refractivity contribution is -0.138. The van der Waals surface area contributed by atoms with Crippen molar-refractivity contribution in [2.75, 3.05) is 13.1 Å². The minimum atomic E-state index is -0.807. The van der Waals surface area contributed by atoms with Crippen LogP contribution in [0.2, 0.25) is 0 Å². The van der Waals surface area contributed by atoms with Gasteiger partial charge in [-0.1, -0.05) is 18.9 Å². The summed E-state index contributed by atoms with van der Waals surface area (Å²) in [7, 11) is 0. The van der Waals surface area contributed by atoms with Gasteiger partial charge in [0, 0.05) is 13.1 Å². The molecule has 21 heavy (non-hydrogen) atoms. The molecule has 1 aliphatic heterocycles. The third-order valence-corrected chi connectivity index (χ3v) is 3.68. The number of halogens is 1. The van der Waals surface area contributed by atoms with Gasteiger partial charge >= 0.3 is 0 Å². The van der Waals surface area contributed by atoms with Gasteiger partial charge in [0.05, 0.1) is 5.56 Å². The van der Waals surface area contributed by atoms with Crippen molar-refractivity contribution in [1.29, 1.82) is 0 Å². The zero-order valence-corrected chi connectivity index (χ0v) is 12.2. The molecule has 0 saturated carbocycles. The van der Waals surface area contributed by atoms with Crippen LogP contribution in [0.25, 0.3) is 0 Å². The van der Waals surface area contributed by atoms with E-state index in [0.717, 1.165) is 25.7 Å². The van der Waals surface area contributed by atoms with Crippen LogP contribution in [0.4, 0.5) is 4.39 Å². The van der Waals surface area contributed by atoms with Gasteiger partial charge in [-0.2, -0.15) is 0 Å². The molecule has 1 unspecified atom stereocenters. The molecule has 1 heterocycles. The summed E-state index contributed by atoms with van der Waals surface area (Å²) in [6.45, 7) is 3.02. The Balaban J connectivity index is 2.08. The molecule has 0 aromatic heterocycles. The lowest BCUT2D eigenvalue weighted by Gasteiger charge is -2.25. The van der Waals surface area contributed by atoms with E-state index in [-0.39, 0.29) is 17.2 Å². The minimum Gasteiger partial charge on any atom is -0.477 e. The van der Waals surface area contributed by atoms with E-state index in [1.165, 1.54) is 18.2 Å². The first-order chi connectivity index (χ1) is 10.1. The smallest absolute Gasteiger partial charge is 0.263 e. The van der Waals surface area contributed by atoms with Gasteiger partial charge in [-0.15, -0.1) is 0 Å². The van der Waals surface area contributed by atoms with Crippen molar-refractivity contribution in [3.8, 4) is 5.75 Å². The van der Waals surface area contributed by atoms with Crippen LogP contribution in [0.15, 0.2) is 18.2 Å². The molecule has 0 spiro atoms. The van der Waals surface area contributed by atoms with Crippen molar-refractivity contribution in [1.82, 2.24) is 4.90 Å². The van der Waals surface area contributed by atoms with Gasteiger partial charge in [0.1, 0.15) is 0 Å². The third-order valence-electron chi connectivity index (χ3n) is 3.68. The first-order valence-electron chi connectivity index (χ1n) is 7.32. The summed E-state index contributed by atoms with van der Waals surface area (Å²) in [5.74, 6) is -0.935. The molecule has 0 radical (unpaired) electrons. The number of likely N-dealkylation sites (tertiary alicyclic amines) is 1. The van der Waals surface area contributed by atoms with Gasteiger partial charge in [-0.3, -0.25) is 9.59 Å². The monoisotopic (exact) mass is 293 g/mol. The lowest BCUT2D eigenvalue weighted by Crippen LogP contribution is -2.41. The van der Waals surface area contributed by atoms with Crippen molar-refractivity contribution in [3.05, 3.63) is 29.6 Å². The molecule has 1 aliphatic rings. The van der Waals surface area contributed by atoms with Gasteiger partial charge in [0.25, 0.3) is 5.91 Å². The fourth-order valence-electron chi connectivity index (χ4n) is 2.52. The Morgan fingerprint density at radius 3 is 2.57 bits per heavy atom. The van der Waals surface area contributed by atoms with Gasteiger partial charge in [0.2, 0.25) is 0 Å². The number of amides is 1. The molecule has 1 aromatic carbocycles. The van der Waals surface area contributed by atoms with Crippen LogP contribution in [0, 0.1) is 5.82 Å². The molecule has 1 amide bonds. The number of nitrogens with zero attached hydrogens (tertiary/aromatic N) is 1. The Morgan fingerprint density at radius 1 is 1.29 bits per heavy atom. The quantitative estimate of drug-likeness (QED) is 0.802. The molecule has 1 saturated heterocycles. The molecule has 1 atom stereocenters. The summed E-state index contributed by atoms with van der Waals surface area (Å²) in [5.41, 5.74) is 0.116. The summed E-state index contributed by atoms with van der Waals surface area (Å²) in [6.07, 6.45) is 3.94. The second-order valence-corrected chi connectivity index (χ2v) is 5.28. The van der Waals surface area contributed by atoms with Crippen molar-refractivity contribution in [2.45, 2.75) is 38.7 Å². The van der Waals surface area contributed by atoms with Crippen LogP contribution in [0.3, 0.4) is 0 Å². The third kappa shape index (κ3) is 3.80. The zero-order chi connectivity index (χ0) is 15.2. The Bertz CT molecular complexity index is 510. The second kappa shape index (κ2) is 7.20. The number of ether oxygens (including phenoxy) is 1. The Morgan fingerprint density at radius 2 is 1.95 bits per heavy atom. The maximum atomic E-state index is 13.8. The number of hydrogen-bond donors (Lipinski definition) is 0. The second-order valence-electron chi connectivity index (χ2n) is 5.28. The number of hydrogen-bond acceptors (Lipinski definition) is 3. The summed E-state index contributed by atoms with van der Waals surface area (Å²) in [4.78, 5) is 25.1. The fraction of sp³-hybridized carbons (Fsp3) is 0.500. The highest BCUT2D eigenvalue weighted by atomic mass is 19.1. The van der Waals surface area contributed by atoms with Crippen LogP contribution in [0.1, 0.15) is 43.0 Å². The molecular formula is C16H20FNO3. The molecule has 0 aliphatic carbocycles. The lowest BCUT2D eigenvalue weighted by atomic mass is 10.2. The molecular weight excluding hydrogens is 273 g/mol. The van der Waals surface area contributed by atoms with Crippen molar-refractivity contribution < 1.29 is 18.7 Å². The van der Waals surface area contributed by atoms with E-state index in [0.29, 0.717) is 19.4 Å². The Labute approximate surface area is 123 Å². The largest absolute Gasteiger partial charge is 0.477 e. The van der Waals surface area contributed by atoms with Crippen LogP contribution >= 0.6 is 0 Å². The van der Waals surface area contributed by atoms with Gasteiger partial charge in [0.15, 0.2) is 24.0 Å². The Hall–Kier alpha value is -1.91. The van der Waals surface area contributed by atoms with E-state index in [9.17, 15) is 14.0 Å². The van der Waals surface area contributed by atoms with E-state index < -0.39 is 11.9 Å². The number of rotatable bonds is 4. The van der Waals surface area contributed by atoms with Gasteiger partial charge < -0.3 is 9.64 Å². The first-order valence-corrected chi connectivity index (χ1v) is 7.32. The first kappa shape index (κ1) is 15.5. The standard InChI is InChI=1S/C16H20FNO3/c1-12(16(20)18-9-4-2-3-5-10-18)21-15-13(11-19)7-6-8-14(15)17/h6-8,11-12H,2-5,9-10H2,1H3. The molecule has 4 nitrogen and oxygen atoms in total. The number of para-hydroxylation sites is 1. The summed E-state index contributed by atoms with van der Waals surface area (Å²) < 4.78 is 19.2. The summed E-state index contributed by atoms with van der Waals surface area (Å²) >= 11 is 0. The number of benzene rings is 1.